The van der Waals surface area contributed by atoms with Crippen molar-refractivity contribution in [2.45, 2.75) is 51.5 Å². The van der Waals surface area contributed by atoms with Crippen LogP contribution in [0.4, 0.5) is 0 Å². The predicted octanol–water partition coefficient (Wildman–Crippen LogP) is 3.51. The third-order valence-electron chi connectivity index (χ3n) is 5.46. The molecule has 162 valence electrons. The van der Waals surface area contributed by atoms with Crippen LogP contribution >= 0.6 is 0 Å². The highest BCUT2D eigenvalue weighted by molar-refractivity contribution is 7.89. The number of carbonyl (C=O) groups is 2. The first kappa shape index (κ1) is 22.2. The molecule has 7 nitrogen and oxygen atoms in total. The van der Waals surface area contributed by atoms with E-state index in [0.29, 0.717) is 24.7 Å². The number of aryl methyl sites for hydroxylation is 1. The van der Waals surface area contributed by atoms with Crippen molar-refractivity contribution < 1.29 is 22.7 Å². The molecule has 1 fully saturated rings. The van der Waals surface area contributed by atoms with Gasteiger partial charge in [-0.3, -0.25) is 4.79 Å². The van der Waals surface area contributed by atoms with Crippen LogP contribution < -0.4 is 0 Å². The van der Waals surface area contributed by atoms with Crippen molar-refractivity contribution >= 4 is 21.8 Å². The van der Waals surface area contributed by atoms with Crippen molar-refractivity contribution in [2.24, 2.45) is 0 Å². The maximum atomic E-state index is 12.6. The number of ether oxygens (including phenoxy) is 1. The van der Waals surface area contributed by atoms with Crippen LogP contribution in [0.25, 0.3) is 0 Å². The molecule has 8 heteroatoms. The normalized spacial score (nSPS) is 14.2. The zero-order valence-corrected chi connectivity index (χ0v) is 18.7. The molecule has 0 bridgehead atoms. The van der Waals surface area contributed by atoms with Gasteiger partial charge in [0.2, 0.25) is 15.8 Å². The molecule has 1 aliphatic carbocycles. The van der Waals surface area contributed by atoms with Gasteiger partial charge in [-0.2, -0.15) is 4.31 Å². The Hall–Kier alpha value is -2.45. The van der Waals surface area contributed by atoms with Gasteiger partial charge in [0.15, 0.2) is 6.61 Å². The molecule has 0 saturated heterocycles. The largest absolute Gasteiger partial charge is 0.454 e. The minimum absolute atomic E-state index is 0.117. The molecule has 0 aliphatic heterocycles. The van der Waals surface area contributed by atoms with Crippen molar-refractivity contribution in [2.75, 3.05) is 19.7 Å². The fraction of sp³-hybridized carbons (Fsp3) is 0.455. The van der Waals surface area contributed by atoms with E-state index in [2.05, 4.69) is 4.57 Å². The Morgan fingerprint density at radius 3 is 2.23 bits per heavy atom. The molecule has 3 rings (SSSR count). The summed E-state index contributed by atoms with van der Waals surface area (Å²) in [6, 6.07) is 7.89. The number of hydrogen-bond donors (Lipinski definition) is 0. The summed E-state index contributed by atoms with van der Waals surface area (Å²) < 4.78 is 33.7. The number of aromatic nitrogens is 1. The third kappa shape index (κ3) is 4.34. The van der Waals surface area contributed by atoms with Crippen LogP contribution in [-0.2, 0) is 14.8 Å². The number of hydrogen-bond acceptors (Lipinski definition) is 5. The monoisotopic (exact) mass is 432 g/mol. The van der Waals surface area contributed by atoms with Crippen LogP contribution in [0.5, 0.6) is 0 Å². The van der Waals surface area contributed by atoms with Gasteiger partial charge in [-0.1, -0.05) is 13.8 Å². The summed E-state index contributed by atoms with van der Waals surface area (Å²) >= 11 is 0. The van der Waals surface area contributed by atoms with Crippen molar-refractivity contribution in [3.05, 3.63) is 52.8 Å². The molecule has 0 radical (unpaired) electrons. The highest BCUT2D eigenvalue weighted by Crippen LogP contribution is 2.38. The van der Waals surface area contributed by atoms with E-state index in [1.807, 2.05) is 19.9 Å². The van der Waals surface area contributed by atoms with E-state index in [9.17, 15) is 18.0 Å². The number of Topliss-reactive ketones (excluding diaryl/α,β-unsaturated/α-hetero) is 1. The van der Waals surface area contributed by atoms with Gasteiger partial charge in [0, 0.05) is 36.1 Å². The Balaban J connectivity index is 1.65. The zero-order chi connectivity index (χ0) is 22.1. The van der Waals surface area contributed by atoms with E-state index in [0.717, 1.165) is 24.2 Å². The number of esters is 1. The number of nitrogens with zero attached hydrogens (tertiary/aromatic N) is 2. The highest BCUT2D eigenvalue weighted by Gasteiger charge is 2.28. The van der Waals surface area contributed by atoms with Gasteiger partial charge in [0.25, 0.3) is 0 Å². The maximum absolute atomic E-state index is 12.6. The molecule has 0 atom stereocenters. The first-order valence-corrected chi connectivity index (χ1v) is 11.6. The van der Waals surface area contributed by atoms with Crippen LogP contribution in [0.3, 0.4) is 0 Å². The van der Waals surface area contributed by atoms with E-state index >= 15 is 0 Å². The minimum Gasteiger partial charge on any atom is -0.454 e. The number of ketones is 1. The molecule has 2 aromatic rings. The summed E-state index contributed by atoms with van der Waals surface area (Å²) in [5.74, 6) is -0.907. The quantitative estimate of drug-likeness (QED) is 0.447. The molecule has 0 unspecified atom stereocenters. The van der Waals surface area contributed by atoms with Crippen LogP contribution in [0.1, 0.15) is 64.8 Å². The van der Waals surface area contributed by atoms with Crippen molar-refractivity contribution in [3.63, 3.8) is 0 Å². The fourth-order valence-corrected chi connectivity index (χ4v) is 5.18. The molecular formula is C22H28N2O5S. The standard InChI is InChI=1S/C22H28N2O5S/c1-5-23(6-2)30(27,28)19-11-7-17(8-12-19)22(26)29-14-21(25)20-13-15(3)24(16(20)4)18-9-10-18/h7-8,11-13,18H,5-6,9-10,14H2,1-4H3. The third-order valence-corrected chi connectivity index (χ3v) is 7.53. The Kier molecular flexibility index (Phi) is 6.47. The number of benzene rings is 1. The van der Waals surface area contributed by atoms with E-state index in [4.69, 9.17) is 4.74 Å². The number of sulfonamides is 1. The van der Waals surface area contributed by atoms with E-state index in [1.165, 1.54) is 28.6 Å². The molecule has 1 saturated carbocycles. The van der Waals surface area contributed by atoms with Crippen LogP contribution in [0.2, 0.25) is 0 Å². The average molecular weight is 433 g/mol. The molecule has 0 amide bonds. The highest BCUT2D eigenvalue weighted by atomic mass is 32.2. The first-order chi connectivity index (χ1) is 14.2. The second kappa shape index (κ2) is 8.73. The average Bonchev–Trinajstić information content (AvgIpc) is 3.51. The van der Waals surface area contributed by atoms with Gasteiger partial charge in [-0.15, -0.1) is 0 Å². The molecule has 1 aromatic heterocycles. The summed E-state index contributed by atoms with van der Waals surface area (Å²) in [6.45, 7) is 7.81. The molecular weight excluding hydrogens is 404 g/mol. The van der Waals surface area contributed by atoms with Gasteiger partial charge in [0.05, 0.1) is 10.5 Å². The van der Waals surface area contributed by atoms with Gasteiger partial charge in [-0.05, 0) is 57.0 Å². The maximum Gasteiger partial charge on any atom is 0.338 e. The molecule has 30 heavy (non-hydrogen) atoms. The number of rotatable bonds is 9. The van der Waals surface area contributed by atoms with Gasteiger partial charge < -0.3 is 9.30 Å². The van der Waals surface area contributed by atoms with E-state index in [-0.39, 0.29) is 22.8 Å². The Labute approximate surface area is 177 Å². The first-order valence-electron chi connectivity index (χ1n) is 10.2. The fourth-order valence-electron chi connectivity index (χ4n) is 3.72. The predicted molar refractivity (Wildman–Crippen MR) is 113 cm³/mol. The molecule has 0 spiro atoms. The van der Waals surface area contributed by atoms with E-state index < -0.39 is 16.0 Å². The number of carbonyl (C=O) groups excluding carboxylic acids is 2. The molecule has 1 heterocycles. The molecule has 1 aromatic carbocycles. The SMILES string of the molecule is CCN(CC)S(=O)(=O)c1ccc(C(=O)OCC(=O)c2cc(C)n(C3CC3)c2C)cc1. The summed E-state index contributed by atoms with van der Waals surface area (Å²) in [4.78, 5) is 25.0. The van der Waals surface area contributed by atoms with Gasteiger partial charge >= 0.3 is 5.97 Å². The lowest BCUT2D eigenvalue weighted by Crippen LogP contribution is -2.30. The van der Waals surface area contributed by atoms with Crippen molar-refractivity contribution in [3.8, 4) is 0 Å². The second-order valence-electron chi connectivity index (χ2n) is 7.50. The lowest BCUT2D eigenvalue weighted by atomic mass is 10.1. The summed E-state index contributed by atoms with van der Waals surface area (Å²) in [6.07, 6.45) is 2.25. The molecule has 1 aliphatic rings. The summed E-state index contributed by atoms with van der Waals surface area (Å²) in [5, 5.41) is 0. The summed E-state index contributed by atoms with van der Waals surface area (Å²) in [5.41, 5.74) is 2.72. The minimum atomic E-state index is -3.59. The lowest BCUT2D eigenvalue weighted by Gasteiger charge is -2.18. The van der Waals surface area contributed by atoms with Crippen LogP contribution in [-0.4, -0.2) is 48.7 Å². The van der Waals surface area contributed by atoms with Crippen LogP contribution in [0.15, 0.2) is 35.2 Å². The van der Waals surface area contributed by atoms with Crippen molar-refractivity contribution in [1.29, 1.82) is 0 Å². The summed E-state index contributed by atoms with van der Waals surface area (Å²) in [7, 11) is -3.59. The Morgan fingerprint density at radius 1 is 1.10 bits per heavy atom. The zero-order valence-electron chi connectivity index (χ0n) is 17.8. The van der Waals surface area contributed by atoms with Gasteiger partial charge in [0.1, 0.15) is 0 Å². The Bertz CT molecular complexity index is 1050. The lowest BCUT2D eigenvalue weighted by molar-refractivity contribution is 0.0474. The smallest absolute Gasteiger partial charge is 0.338 e. The molecule has 0 N–H and O–H groups in total. The Morgan fingerprint density at radius 2 is 1.70 bits per heavy atom. The van der Waals surface area contributed by atoms with Crippen LogP contribution in [0, 0.1) is 13.8 Å². The topological polar surface area (TPSA) is 85.7 Å². The van der Waals surface area contributed by atoms with Gasteiger partial charge in [-0.25, -0.2) is 13.2 Å². The van der Waals surface area contributed by atoms with E-state index in [1.54, 1.807) is 13.8 Å². The second-order valence-corrected chi connectivity index (χ2v) is 9.44. The van der Waals surface area contributed by atoms with Crippen molar-refractivity contribution in [1.82, 2.24) is 8.87 Å².